The van der Waals surface area contributed by atoms with Crippen LogP contribution in [0.25, 0.3) is 0 Å². The van der Waals surface area contributed by atoms with Gasteiger partial charge in [0.25, 0.3) is 0 Å². The molecule has 0 radical (unpaired) electrons. The number of hydrogen-bond donors (Lipinski definition) is 1. The van der Waals surface area contributed by atoms with Crippen LogP contribution in [0.1, 0.15) is 27.2 Å². The second-order valence-corrected chi connectivity index (χ2v) is 4.69. The Morgan fingerprint density at radius 2 is 1.79 bits per heavy atom. The zero-order valence-electron chi connectivity index (χ0n) is 12.6. The van der Waals surface area contributed by atoms with E-state index >= 15 is 0 Å². The summed E-state index contributed by atoms with van der Waals surface area (Å²) in [6, 6.07) is 10.1. The fourth-order valence-electron chi connectivity index (χ4n) is 2.00. The monoisotopic (exact) mass is 264 g/mol. The van der Waals surface area contributed by atoms with E-state index < -0.39 is 0 Å². The summed E-state index contributed by atoms with van der Waals surface area (Å²) in [6.07, 6.45) is 1.27. The zero-order valence-corrected chi connectivity index (χ0v) is 12.6. The van der Waals surface area contributed by atoms with Crippen molar-refractivity contribution in [2.75, 3.05) is 32.7 Å². The number of para-hydroxylation sites is 1. The largest absolute Gasteiger partial charge is 0.489 e. The second-order valence-electron chi connectivity index (χ2n) is 4.69. The molecule has 0 saturated heterocycles. The highest BCUT2D eigenvalue weighted by Gasteiger charge is 2.07. The molecule has 3 nitrogen and oxygen atoms in total. The Kier molecular flexibility index (Phi) is 8.26. The first kappa shape index (κ1) is 16.0. The van der Waals surface area contributed by atoms with Crippen molar-refractivity contribution in [3.63, 3.8) is 0 Å². The number of nitrogens with one attached hydrogen (secondary N) is 1. The molecule has 0 aromatic heterocycles. The van der Waals surface area contributed by atoms with E-state index in [4.69, 9.17) is 4.74 Å². The molecule has 0 bridgehead atoms. The van der Waals surface area contributed by atoms with Gasteiger partial charge in [-0.15, -0.1) is 0 Å². The topological polar surface area (TPSA) is 24.5 Å². The summed E-state index contributed by atoms with van der Waals surface area (Å²) in [5.74, 6) is 0.958. The van der Waals surface area contributed by atoms with Gasteiger partial charge in [-0.25, -0.2) is 0 Å². The lowest BCUT2D eigenvalue weighted by Crippen LogP contribution is -2.37. The van der Waals surface area contributed by atoms with Gasteiger partial charge < -0.3 is 15.0 Å². The molecule has 1 unspecified atom stereocenters. The van der Waals surface area contributed by atoms with Crippen molar-refractivity contribution in [2.45, 2.75) is 33.3 Å². The molecule has 0 aliphatic rings. The SMILES string of the molecule is CCC(CNCCN(CC)CC)Oc1ccccc1. The first-order chi connectivity index (χ1) is 9.30. The maximum Gasteiger partial charge on any atom is 0.119 e. The molecule has 1 aromatic rings. The number of ether oxygens (including phenoxy) is 1. The lowest BCUT2D eigenvalue weighted by atomic mass is 10.2. The molecule has 1 aromatic carbocycles. The van der Waals surface area contributed by atoms with Gasteiger partial charge in [-0.1, -0.05) is 39.0 Å². The highest BCUT2D eigenvalue weighted by atomic mass is 16.5. The van der Waals surface area contributed by atoms with Gasteiger partial charge >= 0.3 is 0 Å². The van der Waals surface area contributed by atoms with Crippen molar-refractivity contribution >= 4 is 0 Å². The summed E-state index contributed by atoms with van der Waals surface area (Å²) in [6.45, 7) is 11.9. The number of likely N-dealkylation sites (N-methyl/N-ethyl adjacent to an activating group) is 1. The smallest absolute Gasteiger partial charge is 0.119 e. The van der Waals surface area contributed by atoms with Crippen molar-refractivity contribution < 1.29 is 4.74 Å². The predicted octanol–water partition coefficient (Wildman–Crippen LogP) is 2.78. The molecule has 0 heterocycles. The molecule has 0 aliphatic heterocycles. The van der Waals surface area contributed by atoms with Crippen LogP contribution in [0.5, 0.6) is 5.75 Å². The summed E-state index contributed by atoms with van der Waals surface area (Å²) < 4.78 is 5.95. The summed E-state index contributed by atoms with van der Waals surface area (Å²) in [7, 11) is 0. The van der Waals surface area contributed by atoms with Crippen LogP contribution in [0.2, 0.25) is 0 Å². The Morgan fingerprint density at radius 3 is 2.37 bits per heavy atom. The van der Waals surface area contributed by atoms with Crippen LogP contribution in [0, 0.1) is 0 Å². The van der Waals surface area contributed by atoms with Gasteiger partial charge in [-0.3, -0.25) is 0 Å². The number of hydrogen-bond acceptors (Lipinski definition) is 3. The molecule has 0 amide bonds. The van der Waals surface area contributed by atoms with E-state index in [-0.39, 0.29) is 6.10 Å². The Hall–Kier alpha value is -1.06. The minimum absolute atomic E-state index is 0.249. The molecule has 108 valence electrons. The Morgan fingerprint density at radius 1 is 1.11 bits per heavy atom. The van der Waals surface area contributed by atoms with Gasteiger partial charge in [0, 0.05) is 19.6 Å². The average molecular weight is 264 g/mol. The van der Waals surface area contributed by atoms with Crippen LogP contribution in [-0.4, -0.2) is 43.7 Å². The van der Waals surface area contributed by atoms with E-state index in [9.17, 15) is 0 Å². The lowest BCUT2D eigenvalue weighted by Gasteiger charge is -2.21. The van der Waals surface area contributed by atoms with Crippen LogP contribution in [-0.2, 0) is 0 Å². The van der Waals surface area contributed by atoms with E-state index in [1.165, 1.54) is 0 Å². The van der Waals surface area contributed by atoms with Crippen molar-refractivity contribution in [1.82, 2.24) is 10.2 Å². The van der Waals surface area contributed by atoms with Gasteiger partial charge in [0.15, 0.2) is 0 Å². The number of nitrogens with zero attached hydrogens (tertiary/aromatic N) is 1. The van der Waals surface area contributed by atoms with Crippen LogP contribution < -0.4 is 10.1 Å². The van der Waals surface area contributed by atoms with Gasteiger partial charge in [-0.2, -0.15) is 0 Å². The average Bonchev–Trinajstić information content (AvgIpc) is 2.47. The fraction of sp³-hybridized carbons (Fsp3) is 0.625. The van der Waals surface area contributed by atoms with Crippen LogP contribution in [0.4, 0.5) is 0 Å². The van der Waals surface area contributed by atoms with Crippen molar-refractivity contribution in [3.8, 4) is 5.75 Å². The summed E-state index contributed by atoms with van der Waals surface area (Å²) in [5.41, 5.74) is 0. The van der Waals surface area contributed by atoms with E-state index in [1.807, 2.05) is 30.3 Å². The quantitative estimate of drug-likeness (QED) is 0.658. The Balaban J connectivity index is 2.22. The minimum atomic E-state index is 0.249. The Labute approximate surface area is 118 Å². The summed E-state index contributed by atoms with van der Waals surface area (Å²) in [4.78, 5) is 2.42. The molecule has 3 heteroatoms. The first-order valence-electron chi connectivity index (χ1n) is 7.44. The van der Waals surface area contributed by atoms with Crippen molar-refractivity contribution in [2.24, 2.45) is 0 Å². The normalized spacial score (nSPS) is 12.6. The van der Waals surface area contributed by atoms with E-state index in [0.29, 0.717) is 0 Å². The van der Waals surface area contributed by atoms with Gasteiger partial charge in [0.2, 0.25) is 0 Å². The third kappa shape index (κ3) is 6.60. The fourth-order valence-corrected chi connectivity index (χ4v) is 2.00. The molecule has 0 aliphatic carbocycles. The Bertz CT molecular complexity index is 312. The molecule has 0 spiro atoms. The van der Waals surface area contributed by atoms with Gasteiger partial charge in [-0.05, 0) is 31.6 Å². The molecule has 0 saturated carbocycles. The molecule has 1 N–H and O–H groups in total. The maximum atomic E-state index is 5.95. The highest BCUT2D eigenvalue weighted by Crippen LogP contribution is 2.11. The van der Waals surface area contributed by atoms with Crippen LogP contribution >= 0.6 is 0 Å². The van der Waals surface area contributed by atoms with Crippen molar-refractivity contribution in [3.05, 3.63) is 30.3 Å². The van der Waals surface area contributed by atoms with E-state index in [0.717, 1.165) is 44.9 Å². The van der Waals surface area contributed by atoms with Crippen LogP contribution in [0.3, 0.4) is 0 Å². The maximum absolute atomic E-state index is 5.95. The summed E-state index contributed by atoms with van der Waals surface area (Å²) >= 11 is 0. The second kappa shape index (κ2) is 9.82. The minimum Gasteiger partial charge on any atom is -0.489 e. The predicted molar refractivity (Wildman–Crippen MR) is 81.8 cm³/mol. The van der Waals surface area contributed by atoms with E-state index in [2.05, 4.69) is 31.0 Å². The lowest BCUT2D eigenvalue weighted by molar-refractivity contribution is 0.190. The number of benzene rings is 1. The first-order valence-corrected chi connectivity index (χ1v) is 7.44. The molecule has 1 atom stereocenters. The van der Waals surface area contributed by atoms with Gasteiger partial charge in [0.1, 0.15) is 11.9 Å². The van der Waals surface area contributed by atoms with E-state index in [1.54, 1.807) is 0 Å². The third-order valence-electron chi connectivity index (χ3n) is 3.37. The molecular weight excluding hydrogens is 236 g/mol. The standard InChI is InChI=1S/C16H28N2O/c1-4-15(19-16-10-8-7-9-11-16)14-17-12-13-18(5-2)6-3/h7-11,15,17H,4-6,12-14H2,1-3H3. The van der Waals surface area contributed by atoms with Crippen LogP contribution in [0.15, 0.2) is 30.3 Å². The van der Waals surface area contributed by atoms with Crippen molar-refractivity contribution in [1.29, 1.82) is 0 Å². The highest BCUT2D eigenvalue weighted by molar-refractivity contribution is 5.21. The molecule has 0 fully saturated rings. The molecular formula is C16H28N2O. The molecule has 19 heavy (non-hydrogen) atoms. The molecule has 1 rings (SSSR count). The summed E-state index contributed by atoms with van der Waals surface area (Å²) in [5, 5.41) is 3.49. The van der Waals surface area contributed by atoms with Gasteiger partial charge in [0.05, 0.1) is 0 Å². The third-order valence-corrected chi connectivity index (χ3v) is 3.37. The number of rotatable bonds is 10. The zero-order chi connectivity index (χ0) is 13.9.